The molecule has 0 aliphatic rings. The minimum atomic E-state index is 0.631. The fourth-order valence-corrected chi connectivity index (χ4v) is 8.49. The molecule has 0 fully saturated rings. The van der Waals surface area contributed by atoms with Gasteiger partial charge in [0, 0.05) is 36.9 Å². The first-order valence-corrected chi connectivity index (χ1v) is 19.2. The van der Waals surface area contributed by atoms with Crippen molar-refractivity contribution in [3.8, 4) is 78.7 Å². The second-order valence-corrected chi connectivity index (χ2v) is 14.7. The second-order valence-electron chi connectivity index (χ2n) is 13.6. The summed E-state index contributed by atoms with van der Waals surface area (Å²) in [6.07, 6.45) is 0. The van der Waals surface area contributed by atoms with E-state index in [9.17, 15) is 0 Å². The fraction of sp³-hybridized carbons (Fsp3) is 0. The van der Waals surface area contributed by atoms with Crippen LogP contribution in [0.3, 0.4) is 0 Å². The number of aromatic nitrogens is 3. The fourth-order valence-electron chi connectivity index (χ4n) is 7.34. The van der Waals surface area contributed by atoms with Gasteiger partial charge in [0.15, 0.2) is 17.5 Å². The minimum Gasteiger partial charge on any atom is -0.208 e. The number of hydrogen-bond donors (Lipinski definition) is 0. The van der Waals surface area contributed by atoms with E-state index in [0.29, 0.717) is 17.5 Å². The van der Waals surface area contributed by atoms with E-state index in [1.165, 1.54) is 31.3 Å². The van der Waals surface area contributed by atoms with Crippen LogP contribution in [0.4, 0.5) is 0 Å². The van der Waals surface area contributed by atoms with Crippen molar-refractivity contribution in [2.24, 2.45) is 0 Å². The summed E-state index contributed by atoms with van der Waals surface area (Å²) in [4.78, 5) is 15.4. The Morgan fingerprint density at radius 1 is 0.255 bits per heavy atom. The molecule has 0 amide bonds. The van der Waals surface area contributed by atoms with Crippen LogP contribution in [0.2, 0.25) is 0 Å². The number of rotatable bonds is 7. The quantitative estimate of drug-likeness (QED) is 0.165. The van der Waals surface area contributed by atoms with Crippen molar-refractivity contribution in [2.45, 2.75) is 0 Å². The maximum absolute atomic E-state index is 5.13. The zero-order valence-corrected chi connectivity index (χ0v) is 30.6. The molecule has 0 aliphatic heterocycles. The van der Waals surface area contributed by atoms with Gasteiger partial charge in [0.05, 0.1) is 0 Å². The summed E-state index contributed by atoms with van der Waals surface area (Å²) >= 11 is 1.85. The van der Waals surface area contributed by atoms with Crippen LogP contribution < -0.4 is 0 Å². The molecule has 0 unspecified atom stereocenters. The van der Waals surface area contributed by atoms with Crippen molar-refractivity contribution in [2.75, 3.05) is 0 Å². The van der Waals surface area contributed by atoms with Crippen molar-refractivity contribution in [3.63, 3.8) is 0 Å². The van der Waals surface area contributed by atoms with E-state index in [1.807, 2.05) is 29.5 Å². The third-order valence-electron chi connectivity index (χ3n) is 10.2. The minimum absolute atomic E-state index is 0.631. The molecule has 0 bridgehead atoms. The van der Waals surface area contributed by atoms with Gasteiger partial charge in [-0.1, -0.05) is 182 Å². The molecule has 2 heterocycles. The molecule has 0 radical (unpaired) electrons. The lowest BCUT2D eigenvalue weighted by Gasteiger charge is -2.13. The lowest BCUT2D eigenvalue weighted by Crippen LogP contribution is -2.01. The van der Waals surface area contributed by atoms with Gasteiger partial charge in [-0.3, -0.25) is 0 Å². The van der Waals surface area contributed by atoms with Crippen LogP contribution in [0.15, 0.2) is 200 Å². The van der Waals surface area contributed by atoms with Gasteiger partial charge < -0.3 is 0 Å². The van der Waals surface area contributed by atoms with Gasteiger partial charge in [0.25, 0.3) is 0 Å². The maximum Gasteiger partial charge on any atom is 0.164 e. The predicted molar refractivity (Wildman–Crippen MR) is 231 cm³/mol. The Balaban J connectivity index is 1.01. The summed E-state index contributed by atoms with van der Waals surface area (Å²) < 4.78 is 2.64. The topological polar surface area (TPSA) is 38.7 Å². The first-order valence-electron chi connectivity index (χ1n) is 18.4. The predicted octanol–water partition coefficient (Wildman–Crippen LogP) is 13.9. The van der Waals surface area contributed by atoms with Gasteiger partial charge in [-0.2, -0.15) is 0 Å². The molecule has 0 atom stereocenters. The van der Waals surface area contributed by atoms with Gasteiger partial charge >= 0.3 is 0 Å². The van der Waals surface area contributed by atoms with Gasteiger partial charge in [0.1, 0.15) is 0 Å². The van der Waals surface area contributed by atoms with E-state index in [0.717, 1.165) is 50.1 Å². The summed E-state index contributed by atoms with van der Waals surface area (Å²) in [5.41, 5.74) is 12.0. The molecule has 0 saturated carbocycles. The molecule has 258 valence electrons. The molecule has 8 aromatic carbocycles. The highest BCUT2D eigenvalue weighted by Crippen LogP contribution is 2.37. The van der Waals surface area contributed by atoms with Crippen LogP contribution in [0.5, 0.6) is 0 Å². The Hall–Kier alpha value is -7.01. The van der Waals surface area contributed by atoms with Gasteiger partial charge in [0.2, 0.25) is 0 Å². The number of hydrogen-bond acceptors (Lipinski definition) is 4. The van der Waals surface area contributed by atoms with E-state index in [1.54, 1.807) is 0 Å². The van der Waals surface area contributed by atoms with Crippen LogP contribution in [-0.4, -0.2) is 15.0 Å². The summed E-state index contributed by atoms with van der Waals surface area (Å²) in [5.74, 6) is 1.90. The van der Waals surface area contributed by atoms with Gasteiger partial charge in [-0.15, -0.1) is 11.3 Å². The van der Waals surface area contributed by atoms with Gasteiger partial charge in [-0.05, 0) is 62.7 Å². The zero-order valence-electron chi connectivity index (χ0n) is 29.8. The third kappa shape index (κ3) is 6.39. The lowest BCUT2D eigenvalue weighted by molar-refractivity contribution is 1.07. The molecule has 0 aliphatic carbocycles. The first-order chi connectivity index (χ1) is 27.2. The Morgan fingerprint density at radius 2 is 0.709 bits per heavy atom. The Kier molecular flexibility index (Phi) is 8.36. The molecule has 10 rings (SSSR count). The van der Waals surface area contributed by atoms with E-state index in [-0.39, 0.29) is 0 Å². The molecule has 10 aromatic rings. The Morgan fingerprint density at radius 3 is 1.44 bits per heavy atom. The first kappa shape index (κ1) is 32.6. The highest BCUT2D eigenvalue weighted by Gasteiger charge is 2.16. The molecular weight excluding hydrogens is 687 g/mol. The number of nitrogens with zero attached hydrogens (tertiary/aromatic N) is 3. The highest BCUT2D eigenvalue weighted by atomic mass is 32.1. The third-order valence-corrected chi connectivity index (χ3v) is 11.3. The summed E-state index contributed by atoms with van der Waals surface area (Å²) in [7, 11) is 0. The van der Waals surface area contributed by atoms with Crippen LogP contribution in [0, 0.1) is 0 Å². The number of benzene rings is 8. The van der Waals surface area contributed by atoms with Crippen molar-refractivity contribution < 1.29 is 0 Å². The van der Waals surface area contributed by atoms with Crippen molar-refractivity contribution >= 4 is 31.5 Å². The van der Waals surface area contributed by atoms with Crippen LogP contribution in [0.1, 0.15) is 0 Å². The van der Waals surface area contributed by atoms with Crippen molar-refractivity contribution in [1.82, 2.24) is 15.0 Å². The average molecular weight is 720 g/mol. The standard InChI is InChI=1S/C51H33N3S/c1-3-12-34(13-4-1)40-16-11-17-42(32-40)50-52-49(53-51(54-50)46-20-8-7-18-43(46)38-14-5-2-6-15-38)39-28-26-36(27-29-39)35-22-24-37(25-23-35)41-30-31-45-44-19-9-10-21-47(44)55-48(45)33-41/h1-33H. The smallest absolute Gasteiger partial charge is 0.164 e. The monoisotopic (exact) mass is 719 g/mol. The van der Waals surface area contributed by atoms with Crippen molar-refractivity contribution in [3.05, 3.63) is 200 Å². The molecule has 0 N–H and O–H groups in total. The maximum atomic E-state index is 5.13. The summed E-state index contributed by atoms with van der Waals surface area (Å²) in [6.45, 7) is 0. The summed E-state index contributed by atoms with van der Waals surface area (Å²) in [6, 6.07) is 70.4. The lowest BCUT2D eigenvalue weighted by atomic mass is 9.98. The SMILES string of the molecule is c1ccc(-c2cccc(-c3nc(-c4ccc(-c5ccc(-c6ccc7c(c6)sc6ccccc67)cc5)cc4)nc(-c4ccccc4-c4ccccc4)n3)c2)cc1. The number of thiophene rings is 1. The molecule has 4 heteroatoms. The highest BCUT2D eigenvalue weighted by molar-refractivity contribution is 7.25. The average Bonchev–Trinajstić information content (AvgIpc) is 3.65. The second kappa shape index (κ2) is 14.1. The molecule has 3 nitrogen and oxygen atoms in total. The van der Waals surface area contributed by atoms with Crippen LogP contribution >= 0.6 is 11.3 Å². The molecule has 0 saturated heterocycles. The van der Waals surface area contributed by atoms with E-state index < -0.39 is 0 Å². The van der Waals surface area contributed by atoms with Crippen LogP contribution in [0.25, 0.3) is 98.8 Å². The zero-order chi connectivity index (χ0) is 36.6. The molecule has 55 heavy (non-hydrogen) atoms. The molecule has 2 aromatic heterocycles. The molecule has 0 spiro atoms. The largest absolute Gasteiger partial charge is 0.208 e. The van der Waals surface area contributed by atoms with Crippen molar-refractivity contribution in [1.29, 1.82) is 0 Å². The Bertz CT molecular complexity index is 2950. The Labute approximate surface area is 323 Å². The van der Waals surface area contributed by atoms with E-state index in [4.69, 9.17) is 15.0 Å². The normalized spacial score (nSPS) is 11.3. The van der Waals surface area contributed by atoms with Crippen LogP contribution in [-0.2, 0) is 0 Å². The summed E-state index contributed by atoms with van der Waals surface area (Å²) in [5, 5.41) is 2.64. The molecular formula is C51H33N3S. The van der Waals surface area contributed by atoms with E-state index >= 15 is 0 Å². The van der Waals surface area contributed by atoms with E-state index in [2.05, 4.69) is 182 Å². The number of fused-ring (bicyclic) bond motifs is 3. The van der Waals surface area contributed by atoms with Gasteiger partial charge in [-0.25, -0.2) is 15.0 Å².